The molecule has 192 valence electrons. The average molecular weight is 476 g/mol. The van der Waals surface area contributed by atoms with Gasteiger partial charge in [0.1, 0.15) is 17.7 Å². The van der Waals surface area contributed by atoms with Gasteiger partial charge in [0.2, 0.25) is 11.8 Å². The van der Waals surface area contributed by atoms with Crippen molar-refractivity contribution in [2.75, 3.05) is 0 Å². The third-order valence-corrected chi connectivity index (χ3v) is 4.89. The molecule has 0 fully saturated rings. The average Bonchev–Trinajstić information content (AvgIpc) is 2.61. The molecule has 0 aliphatic heterocycles. The molecule has 0 heterocycles. The van der Waals surface area contributed by atoms with E-state index < -0.39 is 29.3 Å². The second-order valence-corrected chi connectivity index (χ2v) is 11.7. The smallest absolute Gasteiger partial charge is 0.408 e. The molecule has 2 atom stereocenters. The molecule has 2 N–H and O–H groups in total. The molecule has 2 unspecified atom stereocenters. The van der Waals surface area contributed by atoms with Crippen LogP contribution in [0, 0.1) is 12.8 Å². The number of alkyl carbamates (subject to hydrolysis) is 1. The summed E-state index contributed by atoms with van der Waals surface area (Å²) < 4.78 is 5.41. The summed E-state index contributed by atoms with van der Waals surface area (Å²) in [5, 5.41) is 5.79. The standard InChI is InChI=1S/C27H45N3O4/c1-17(2)15-21(28-25(33)34-27(9,10)11)24(32)30(18(3)4)22(23(31)29-26(6,7)8)20-14-12-13-19(5)16-20/h12-14,16-18,21-22H,15H2,1-11H3,(H,28,33)(H,29,31). The zero-order chi connectivity index (χ0) is 26.4. The second kappa shape index (κ2) is 11.7. The normalized spacial score (nSPS) is 13.9. The van der Waals surface area contributed by atoms with Crippen LogP contribution in [0.5, 0.6) is 0 Å². The molecule has 0 aliphatic carbocycles. The monoisotopic (exact) mass is 475 g/mol. The van der Waals surface area contributed by atoms with E-state index >= 15 is 0 Å². The van der Waals surface area contributed by atoms with Gasteiger partial charge in [0.15, 0.2) is 0 Å². The molecule has 0 aliphatic rings. The maximum atomic E-state index is 14.0. The summed E-state index contributed by atoms with van der Waals surface area (Å²) >= 11 is 0. The summed E-state index contributed by atoms with van der Waals surface area (Å²) in [6.07, 6.45) is -0.232. The Hall–Kier alpha value is -2.57. The lowest BCUT2D eigenvalue weighted by Gasteiger charge is -2.38. The maximum Gasteiger partial charge on any atom is 0.408 e. The van der Waals surface area contributed by atoms with Crippen molar-refractivity contribution in [2.45, 2.75) is 112 Å². The lowest BCUT2D eigenvalue weighted by molar-refractivity contribution is -0.145. The number of carbonyl (C=O) groups is 3. The van der Waals surface area contributed by atoms with E-state index in [1.165, 1.54) is 0 Å². The number of carbonyl (C=O) groups excluding carboxylic acids is 3. The van der Waals surface area contributed by atoms with Gasteiger partial charge in [-0.25, -0.2) is 4.79 Å². The summed E-state index contributed by atoms with van der Waals surface area (Å²) in [7, 11) is 0. The van der Waals surface area contributed by atoms with Gasteiger partial charge in [-0.2, -0.15) is 0 Å². The summed E-state index contributed by atoms with van der Waals surface area (Å²) in [5.41, 5.74) is 0.554. The molecule has 1 aromatic rings. The first kappa shape index (κ1) is 29.5. The van der Waals surface area contributed by atoms with Crippen LogP contribution in [0.1, 0.15) is 92.8 Å². The molecule has 0 saturated carbocycles. The Labute approximate surface area is 206 Å². The minimum absolute atomic E-state index is 0.138. The molecule has 0 aromatic heterocycles. The van der Waals surface area contributed by atoms with E-state index in [-0.39, 0.29) is 23.8 Å². The predicted octanol–water partition coefficient (Wildman–Crippen LogP) is 5.13. The highest BCUT2D eigenvalue weighted by molar-refractivity contribution is 5.92. The van der Waals surface area contributed by atoms with E-state index in [1.54, 1.807) is 25.7 Å². The van der Waals surface area contributed by atoms with Crippen molar-refractivity contribution in [2.24, 2.45) is 5.92 Å². The van der Waals surface area contributed by atoms with Crippen molar-refractivity contribution in [3.63, 3.8) is 0 Å². The first-order valence-electron chi connectivity index (χ1n) is 12.1. The predicted molar refractivity (Wildman–Crippen MR) is 136 cm³/mol. The third kappa shape index (κ3) is 9.74. The van der Waals surface area contributed by atoms with Gasteiger partial charge in [-0.3, -0.25) is 9.59 Å². The number of nitrogens with one attached hydrogen (secondary N) is 2. The van der Waals surface area contributed by atoms with Crippen LogP contribution in [0.4, 0.5) is 4.79 Å². The number of benzene rings is 1. The van der Waals surface area contributed by atoms with Crippen molar-refractivity contribution >= 4 is 17.9 Å². The van der Waals surface area contributed by atoms with Gasteiger partial charge < -0.3 is 20.3 Å². The molecular formula is C27H45N3O4. The minimum atomic E-state index is -0.846. The molecular weight excluding hydrogens is 430 g/mol. The van der Waals surface area contributed by atoms with Crippen LogP contribution in [-0.4, -0.2) is 46.0 Å². The van der Waals surface area contributed by atoms with Gasteiger partial charge in [0, 0.05) is 11.6 Å². The number of amides is 3. The number of ether oxygens (including phenoxy) is 1. The molecule has 34 heavy (non-hydrogen) atoms. The maximum absolute atomic E-state index is 14.0. The third-order valence-electron chi connectivity index (χ3n) is 4.89. The van der Waals surface area contributed by atoms with Crippen LogP contribution in [0.2, 0.25) is 0 Å². The molecule has 0 bridgehead atoms. The molecule has 0 saturated heterocycles. The molecule has 1 aromatic carbocycles. The van der Waals surface area contributed by atoms with Crippen LogP contribution in [0.15, 0.2) is 24.3 Å². The molecule has 7 heteroatoms. The van der Waals surface area contributed by atoms with Crippen molar-refractivity contribution in [1.29, 1.82) is 0 Å². The fraction of sp³-hybridized carbons (Fsp3) is 0.667. The van der Waals surface area contributed by atoms with Crippen molar-refractivity contribution < 1.29 is 19.1 Å². The fourth-order valence-electron chi connectivity index (χ4n) is 3.72. The summed E-state index contributed by atoms with van der Waals surface area (Å²) in [5.74, 6) is -0.440. The van der Waals surface area contributed by atoms with E-state index in [0.717, 1.165) is 11.1 Å². The van der Waals surface area contributed by atoms with Crippen molar-refractivity contribution in [3.8, 4) is 0 Å². The van der Waals surface area contributed by atoms with Gasteiger partial charge in [-0.05, 0) is 80.2 Å². The number of rotatable bonds is 8. The number of hydrogen-bond acceptors (Lipinski definition) is 4. The summed E-state index contributed by atoms with van der Waals surface area (Å²) in [6, 6.07) is 5.66. The molecule has 0 spiro atoms. The largest absolute Gasteiger partial charge is 0.444 e. The second-order valence-electron chi connectivity index (χ2n) is 11.7. The summed E-state index contributed by atoms with van der Waals surface area (Å²) in [4.78, 5) is 41.7. The van der Waals surface area contributed by atoms with Crippen molar-refractivity contribution in [3.05, 3.63) is 35.4 Å². The molecule has 3 amide bonds. The SMILES string of the molecule is Cc1cccc(C(C(=O)NC(C)(C)C)N(C(=O)C(CC(C)C)NC(=O)OC(C)(C)C)C(C)C)c1. The Morgan fingerprint density at radius 3 is 2.03 bits per heavy atom. The van der Waals surface area contributed by atoms with Gasteiger partial charge in [-0.1, -0.05) is 43.7 Å². The van der Waals surface area contributed by atoms with E-state index in [0.29, 0.717) is 6.42 Å². The van der Waals surface area contributed by atoms with Gasteiger partial charge in [-0.15, -0.1) is 0 Å². The van der Waals surface area contributed by atoms with E-state index in [1.807, 2.05) is 79.7 Å². The van der Waals surface area contributed by atoms with Crippen LogP contribution in [-0.2, 0) is 14.3 Å². The zero-order valence-electron chi connectivity index (χ0n) is 22.9. The molecule has 7 nitrogen and oxygen atoms in total. The Kier molecular flexibility index (Phi) is 10.2. The zero-order valence-corrected chi connectivity index (χ0v) is 22.9. The first-order chi connectivity index (χ1) is 15.4. The topological polar surface area (TPSA) is 87.7 Å². The fourth-order valence-corrected chi connectivity index (χ4v) is 3.72. The summed E-state index contributed by atoms with van der Waals surface area (Å²) in [6.45, 7) is 20.7. The molecule has 0 radical (unpaired) electrons. The highest BCUT2D eigenvalue weighted by Crippen LogP contribution is 2.27. The van der Waals surface area contributed by atoms with E-state index in [9.17, 15) is 14.4 Å². The van der Waals surface area contributed by atoms with Crippen LogP contribution >= 0.6 is 0 Å². The van der Waals surface area contributed by atoms with Gasteiger partial charge in [0.25, 0.3) is 0 Å². The Morgan fingerprint density at radius 1 is 1.00 bits per heavy atom. The highest BCUT2D eigenvalue weighted by Gasteiger charge is 2.38. The van der Waals surface area contributed by atoms with Crippen LogP contribution < -0.4 is 10.6 Å². The highest BCUT2D eigenvalue weighted by atomic mass is 16.6. The van der Waals surface area contributed by atoms with E-state index in [4.69, 9.17) is 4.74 Å². The van der Waals surface area contributed by atoms with Gasteiger partial charge in [0.05, 0.1) is 0 Å². The van der Waals surface area contributed by atoms with Crippen molar-refractivity contribution in [1.82, 2.24) is 15.5 Å². The first-order valence-corrected chi connectivity index (χ1v) is 12.1. The number of nitrogens with zero attached hydrogens (tertiary/aromatic N) is 1. The van der Waals surface area contributed by atoms with E-state index in [2.05, 4.69) is 10.6 Å². The van der Waals surface area contributed by atoms with Crippen LogP contribution in [0.3, 0.4) is 0 Å². The quantitative estimate of drug-likeness (QED) is 0.546. The van der Waals surface area contributed by atoms with Gasteiger partial charge >= 0.3 is 6.09 Å². The lowest BCUT2D eigenvalue weighted by atomic mass is 9.96. The Morgan fingerprint density at radius 2 is 1.59 bits per heavy atom. The lowest BCUT2D eigenvalue weighted by Crippen LogP contribution is -2.56. The molecule has 1 rings (SSSR count). The number of hydrogen-bond donors (Lipinski definition) is 2. The van der Waals surface area contributed by atoms with Crippen LogP contribution in [0.25, 0.3) is 0 Å². The Bertz CT molecular complexity index is 850. The minimum Gasteiger partial charge on any atom is -0.444 e. The Balaban J connectivity index is 3.49. The number of aryl methyl sites for hydroxylation is 1.